The first-order chi connectivity index (χ1) is 7.06. The van der Waals surface area contributed by atoms with E-state index in [1.807, 2.05) is 0 Å². The van der Waals surface area contributed by atoms with Gasteiger partial charge in [0.05, 0.1) is 6.54 Å². The summed E-state index contributed by atoms with van der Waals surface area (Å²) in [5.41, 5.74) is 5.77. The third kappa shape index (κ3) is 3.92. The fourth-order valence-corrected chi connectivity index (χ4v) is 2.23. The molecule has 2 N–H and O–H groups in total. The second-order valence-electron chi connectivity index (χ2n) is 4.68. The van der Waals surface area contributed by atoms with Crippen molar-refractivity contribution < 1.29 is 4.79 Å². The van der Waals surface area contributed by atoms with E-state index in [2.05, 4.69) is 11.8 Å². The second kappa shape index (κ2) is 7.09. The lowest BCUT2D eigenvalue weighted by Crippen LogP contribution is -2.51. The molecular weight excluding hydrogens is 226 g/mol. The molecule has 2 atom stereocenters. The summed E-state index contributed by atoms with van der Waals surface area (Å²) < 4.78 is 0. The SMILES string of the molecule is CC1CCCN(CC(=O)N(C)C)C1CN.Cl. The van der Waals surface area contributed by atoms with Crippen molar-refractivity contribution in [3.05, 3.63) is 0 Å². The molecule has 1 aliphatic rings. The largest absolute Gasteiger partial charge is 0.348 e. The van der Waals surface area contributed by atoms with Gasteiger partial charge in [-0.05, 0) is 25.3 Å². The summed E-state index contributed by atoms with van der Waals surface area (Å²) in [5.74, 6) is 0.779. The maximum atomic E-state index is 11.6. The predicted molar refractivity (Wildman–Crippen MR) is 68.8 cm³/mol. The Morgan fingerprint density at radius 2 is 2.12 bits per heavy atom. The van der Waals surface area contributed by atoms with Crippen molar-refractivity contribution in [2.24, 2.45) is 11.7 Å². The van der Waals surface area contributed by atoms with Gasteiger partial charge in [-0.25, -0.2) is 0 Å². The average Bonchev–Trinajstić information content (AvgIpc) is 2.18. The minimum atomic E-state index is 0. The summed E-state index contributed by atoms with van der Waals surface area (Å²) in [7, 11) is 3.60. The summed E-state index contributed by atoms with van der Waals surface area (Å²) in [6, 6.07) is 0.377. The molecule has 0 aliphatic carbocycles. The van der Waals surface area contributed by atoms with E-state index in [1.54, 1.807) is 19.0 Å². The number of likely N-dealkylation sites (N-methyl/N-ethyl adjacent to an activating group) is 1. The number of likely N-dealkylation sites (tertiary alicyclic amines) is 1. The first kappa shape index (κ1) is 15.7. The molecule has 2 unspecified atom stereocenters. The number of carbonyl (C=O) groups is 1. The van der Waals surface area contributed by atoms with Crippen LogP contribution >= 0.6 is 12.4 Å². The molecular formula is C11H24ClN3O. The highest BCUT2D eigenvalue weighted by Gasteiger charge is 2.28. The highest BCUT2D eigenvalue weighted by Crippen LogP contribution is 2.22. The quantitative estimate of drug-likeness (QED) is 0.795. The van der Waals surface area contributed by atoms with Gasteiger partial charge in [0.2, 0.25) is 5.91 Å². The molecule has 1 rings (SSSR count). The number of carbonyl (C=O) groups excluding carboxylic acids is 1. The molecule has 1 fully saturated rings. The number of hydrogen-bond donors (Lipinski definition) is 1. The van der Waals surface area contributed by atoms with E-state index in [-0.39, 0.29) is 18.3 Å². The van der Waals surface area contributed by atoms with Crippen molar-refractivity contribution in [3.63, 3.8) is 0 Å². The maximum absolute atomic E-state index is 11.6. The Labute approximate surface area is 105 Å². The Kier molecular flexibility index (Phi) is 6.95. The van der Waals surface area contributed by atoms with E-state index >= 15 is 0 Å². The molecule has 0 spiro atoms. The topological polar surface area (TPSA) is 49.6 Å². The first-order valence-corrected chi connectivity index (χ1v) is 5.70. The molecule has 0 radical (unpaired) electrons. The minimum Gasteiger partial charge on any atom is -0.348 e. The van der Waals surface area contributed by atoms with E-state index in [0.29, 0.717) is 25.0 Å². The molecule has 1 heterocycles. The van der Waals surface area contributed by atoms with Crippen LogP contribution in [-0.4, -0.2) is 55.5 Å². The van der Waals surface area contributed by atoms with Crippen LogP contribution in [-0.2, 0) is 4.79 Å². The van der Waals surface area contributed by atoms with Crippen LogP contribution in [0.15, 0.2) is 0 Å². The van der Waals surface area contributed by atoms with Gasteiger partial charge in [-0.15, -0.1) is 12.4 Å². The zero-order chi connectivity index (χ0) is 11.4. The van der Waals surface area contributed by atoms with Gasteiger partial charge >= 0.3 is 0 Å². The van der Waals surface area contributed by atoms with E-state index in [9.17, 15) is 4.79 Å². The van der Waals surface area contributed by atoms with Crippen LogP contribution in [0.1, 0.15) is 19.8 Å². The Morgan fingerprint density at radius 1 is 1.50 bits per heavy atom. The zero-order valence-corrected chi connectivity index (χ0v) is 11.3. The average molecular weight is 250 g/mol. The minimum absolute atomic E-state index is 0. The van der Waals surface area contributed by atoms with Gasteiger partial charge < -0.3 is 10.6 Å². The number of amides is 1. The Morgan fingerprint density at radius 3 is 2.62 bits per heavy atom. The monoisotopic (exact) mass is 249 g/mol. The van der Waals surface area contributed by atoms with Crippen LogP contribution in [0.2, 0.25) is 0 Å². The molecule has 96 valence electrons. The molecule has 0 aromatic heterocycles. The summed E-state index contributed by atoms with van der Waals surface area (Å²) in [6.45, 7) is 4.40. The van der Waals surface area contributed by atoms with Crippen molar-refractivity contribution >= 4 is 18.3 Å². The van der Waals surface area contributed by atoms with Crippen LogP contribution in [0, 0.1) is 5.92 Å². The summed E-state index contributed by atoms with van der Waals surface area (Å²) in [5, 5.41) is 0. The number of nitrogens with two attached hydrogens (primary N) is 1. The molecule has 5 heteroatoms. The van der Waals surface area contributed by atoms with Crippen LogP contribution in [0.4, 0.5) is 0 Å². The lowest BCUT2D eigenvalue weighted by atomic mass is 9.91. The lowest BCUT2D eigenvalue weighted by Gasteiger charge is -2.39. The normalized spacial score (nSPS) is 26.0. The fourth-order valence-electron chi connectivity index (χ4n) is 2.23. The van der Waals surface area contributed by atoms with Crippen molar-refractivity contribution in [1.29, 1.82) is 0 Å². The van der Waals surface area contributed by atoms with Crippen molar-refractivity contribution in [2.45, 2.75) is 25.8 Å². The van der Waals surface area contributed by atoms with E-state index in [4.69, 9.17) is 5.73 Å². The lowest BCUT2D eigenvalue weighted by molar-refractivity contribution is -0.131. The van der Waals surface area contributed by atoms with Gasteiger partial charge in [0.15, 0.2) is 0 Å². The molecule has 1 amide bonds. The molecule has 0 aromatic rings. The number of hydrogen-bond acceptors (Lipinski definition) is 3. The third-order valence-corrected chi connectivity index (χ3v) is 3.31. The van der Waals surface area contributed by atoms with Gasteiger partial charge in [-0.1, -0.05) is 6.92 Å². The van der Waals surface area contributed by atoms with Gasteiger partial charge in [-0.3, -0.25) is 9.69 Å². The van der Waals surface area contributed by atoms with Crippen LogP contribution in [0.25, 0.3) is 0 Å². The Balaban J connectivity index is 0.00000225. The van der Waals surface area contributed by atoms with E-state index in [1.165, 1.54) is 12.8 Å². The highest BCUT2D eigenvalue weighted by molar-refractivity contribution is 5.85. The smallest absolute Gasteiger partial charge is 0.236 e. The van der Waals surface area contributed by atoms with Crippen molar-refractivity contribution in [1.82, 2.24) is 9.80 Å². The van der Waals surface area contributed by atoms with Gasteiger partial charge in [0, 0.05) is 26.7 Å². The van der Waals surface area contributed by atoms with Gasteiger partial charge in [-0.2, -0.15) is 0 Å². The zero-order valence-electron chi connectivity index (χ0n) is 10.5. The molecule has 1 aliphatic heterocycles. The molecule has 16 heavy (non-hydrogen) atoms. The molecule has 0 bridgehead atoms. The second-order valence-corrected chi connectivity index (χ2v) is 4.68. The van der Waals surface area contributed by atoms with Crippen LogP contribution < -0.4 is 5.73 Å². The maximum Gasteiger partial charge on any atom is 0.236 e. The van der Waals surface area contributed by atoms with Crippen LogP contribution in [0.5, 0.6) is 0 Å². The standard InChI is InChI=1S/C11H23N3O.ClH/c1-9-5-4-6-14(10(9)7-12)8-11(15)13(2)3;/h9-10H,4-8,12H2,1-3H3;1H. The first-order valence-electron chi connectivity index (χ1n) is 5.70. The molecule has 0 aromatic carbocycles. The number of rotatable bonds is 3. The van der Waals surface area contributed by atoms with Gasteiger partial charge in [0.1, 0.15) is 0 Å². The van der Waals surface area contributed by atoms with E-state index in [0.717, 1.165) is 6.54 Å². The summed E-state index contributed by atoms with van der Waals surface area (Å²) in [4.78, 5) is 15.5. The Bertz CT molecular complexity index is 223. The summed E-state index contributed by atoms with van der Waals surface area (Å²) >= 11 is 0. The van der Waals surface area contributed by atoms with Crippen molar-refractivity contribution in [3.8, 4) is 0 Å². The summed E-state index contributed by atoms with van der Waals surface area (Å²) in [6.07, 6.45) is 2.41. The predicted octanol–water partition coefficient (Wildman–Crippen LogP) is 0.556. The molecule has 1 saturated heterocycles. The highest BCUT2D eigenvalue weighted by atomic mass is 35.5. The van der Waals surface area contributed by atoms with E-state index < -0.39 is 0 Å². The Hall–Kier alpha value is -0.320. The van der Waals surface area contributed by atoms with Crippen molar-refractivity contribution in [2.75, 3.05) is 33.7 Å². The number of halogens is 1. The molecule has 4 nitrogen and oxygen atoms in total. The fraction of sp³-hybridized carbons (Fsp3) is 0.909. The number of piperidine rings is 1. The van der Waals surface area contributed by atoms with Crippen LogP contribution in [0.3, 0.4) is 0 Å². The third-order valence-electron chi connectivity index (χ3n) is 3.31. The molecule has 0 saturated carbocycles. The number of nitrogens with zero attached hydrogens (tertiary/aromatic N) is 2. The van der Waals surface area contributed by atoms with Gasteiger partial charge in [0.25, 0.3) is 0 Å².